The summed E-state index contributed by atoms with van der Waals surface area (Å²) in [5.74, 6) is -0.0250. The van der Waals surface area contributed by atoms with Crippen LogP contribution in [-0.2, 0) is 19.4 Å². The number of nitrogens with one attached hydrogen (secondary N) is 1. The standard InChI is InChI=1S/C30H31FN4O5S/c31-22-9-5-21(6-10-22)29-33-26(20-7-11-23(12-8-20)35-13-15-41(37,38)16-14-35)27(40-29)24-3-1-2-4-25(24)28(36)34-30(17-32)18-39-19-30/h5-12,24-25H,1-4,13-16,18-19H2,(H,34,36)/t24-,25-/m1/s1. The summed E-state index contributed by atoms with van der Waals surface area (Å²) in [6, 6.07) is 15.9. The van der Waals surface area contributed by atoms with Crippen molar-refractivity contribution in [3.63, 3.8) is 0 Å². The van der Waals surface area contributed by atoms with E-state index in [9.17, 15) is 22.9 Å². The molecule has 0 bridgehead atoms. The van der Waals surface area contributed by atoms with E-state index in [2.05, 4.69) is 16.3 Å². The van der Waals surface area contributed by atoms with Crippen LogP contribution in [0.5, 0.6) is 0 Å². The molecule has 2 aliphatic heterocycles. The van der Waals surface area contributed by atoms with Crippen molar-refractivity contribution < 1.29 is 26.8 Å². The molecular weight excluding hydrogens is 547 g/mol. The van der Waals surface area contributed by atoms with Gasteiger partial charge in [0.15, 0.2) is 15.4 Å². The molecule has 2 saturated heterocycles. The van der Waals surface area contributed by atoms with E-state index in [1.54, 1.807) is 12.1 Å². The van der Waals surface area contributed by atoms with Gasteiger partial charge in [0.25, 0.3) is 0 Å². The molecule has 0 radical (unpaired) electrons. The van der Waals surface area contributed by atoms with Gasteiger partial charge in [0.05, 0.1) is 30.8 Å². The number of amides is 1. The third-order valence-electron chi connectivity index (χ3n) is 8.31. The second-order valence-corrected chi connectivity index (χ2v) is 13.4. The van der Waals surface area contributed by atoms with Crippen LogP contribution in [0.15, 0.2) is 52.9 Å². The molecule has 3 heterocycles. The Bertz CT molecular complexity index is 1560. The average molecular weight is 579 g/mol. The zero-order valence-corrected chi connectivity index (χ0v) is 23.3. The first-order chi connectivity index (χ1) is 19.8. The summed E-state index contributed by atoms with van der Waals surface area (Å²) < 4.78 is 49.0. The first-order valence-electron chi connectivity index (χ1n) is 13.9. The van der Waals surface area contributed by atoms with E-state index < -0.39 is 21.3 Å². The molecule has 3 fully saturated rings. The lowest BCUT2D eigenvalue weighted by Crippen LogP contribution is -2.62. The number of hydrogen-bond acceptors (Lipinski definition) is 8. The third kappa shape index (κ3) is 5.59. The minimum absolute atomic E-state index is 0.133. The number of benzene rings is 2. The largest absolute Gasteiger partial charge is 0.440 e. The lowest BCUT2D eigenvalue weighted by atomic mass is 9.76. The fraction of sp³-hybridized carbons (Fsp3) is 0.433. The normalized spacial score (nSPS) is 23.3. The fourth-order valence-corrected chi connectivity index (χ4v) is 7.07. The predicted octanol–water partition coefficient (Wildman–Crippen LogP) is 4.07. The van der Waals surface area contributed by atoms with Crippen molar-refractivity contribution in [1.82, 2.24) is 10.3 Å². The van der Waals surface area contributed by atoms with Crippen LogP contribution >= 0.6 is 0 Å². The van der Waals surface area contributed by atoms with Crippen LogP contribution in [0.1, 0.15) is 37.4 Å². The molecule has 3 aromatic rings. The van der Waals surface area contributed by atoms with Crippen LogP contribution in [0, 0.1) is 23.1 Å². The van der Waals surface area contributed by atoms with Crippen molar-refractivity contribution in [2.45, 2.75) is 37.1 Å². The number of hydrogen-bond donors (Lipinski definition) is 1. The molecule has 11 heteroatoms. The molecule has 0 unspecified atom stereocenters. The molecule has 1 amide bonds. The summed E-state index contributed by atoms with van der Waals surface area (Å²) >= 11 is 0. The first kappa shape index (κ1) is 27.4. The maximum atomic E-state index is 13.7. The molecule has 6 rings (SSSR count). The van der Waals surface area contributed by atoms with E-state index in [0.717, 1.165) is 30.5 Å². The number of carbonyl (C=O) groups excluding carboxylic acids is 1. The zero-order chi connectivity index (χ0) is 28.6. The summed E-state index contributed by atoms with van der Waals surface area (Å²) in [6.45, 7) is 1.23. The number of nitriles is 1. The molecule has 0 spiro atoms. The number of sulfone groups is 1. The van der Waals surface area contributed by atoms with E-state index in [1.807, 2.05) is 24.3 Å². The molecule has 2 aromatic carbocycles. The molecule has 2 atom stereocenters. The maximum absolute atomic E-state index is 13.7. The van der Waals surface area contributed by atoms with Gasteiger partial charge in [-0.3, -0.25) is 4.79 Å². The van der Waals surface area contributed by atoms with E-state index in [0.29, 0.717) is 42.4 Å². The molecule has 9 nitrogen and oxygen atoms in total. The lowest BCUT2D eigenvalue weighted by Gasteiger charge is -2.38. The van der Waals surface area contributed by atoms with Gasteiger partial charge in [-0.1, -0.05) is 25.0 Å². The van der Waals surface area contributed by atoms with Gasteiger partial charge >= 0.3 is 0 Å². The maximum Gasteiger partial charge on any atom is 0.226 e. The van der Waals surface area contributed by atoms with Crippen molar-refractivity contribution >= 4 is 21.4 Å². The van der Waals surface area contributed by atoms with Gasteiger partial charge < -0.3 is 19.4 Å². The van der Waals surface area contributed by atoms with E-state index in [-0.39, 0.29) is 42.4 Å². The Kier molecular flexibility index (Phi) is 7.30. The molecule has 1 saturated carbocycles. The average Bonchev–Trinajstić information content (AvgIpc) is 3.41. The minimum atomic E-state index is -2.99. The summed E-state index contributed by atoms with van der Waals surface area (Å²) in [6.07, 6.45) is 3.18. The molecule has 3 aliphatic rings. The first-order valence-corrected chi connectivity index (χ1v) is 15.7. The minimum Gasteiger partial charge on any atom is -0.440 e. The molecule has 41 heavy (non-hydrogen) atoms. The van der Waals surface area contributed by atoms with Crippen LogP contribution in [0.2, 0.25) is 0 Å². The molecule has 1 aromatic heterocycles. The Labute approximate surface area is 238 Å². The van der Waals surface area contributed by atoms with Crippen molar-refractivity contribution in [1.29, 1.82) is 5.26 Å². The summed E-state index contributed by atoms with van der Waals surface area (Å²) in [7, 11) is -2.99. The van der Waals surface area contributed by atoms with Crippen LogP contribution in [0.4, 0.5) is 10.1 Å². The Morgan fingerprint density at radius 1 is 1.02 bits per heavy atom. The van der Waals surface area contributed by atoms with Crippen LogP contribution in [0.3, 0.4) is 0 Å². The highest BCUT2D eigenvalue weighted by molar-refractivity contribution is 7.91. The number of ether oxygens (including phenoxy) is 1. The number of carbonyl (C=O) groups is 1. The third-order valence-corrected chi connectivity index (χ3v) is 9.92. The number of anilines is 1. The fourth-order valence-electron chi connectivity index (χ4n) is 5.86. The highest BCUT2D eigenvalue weighted by Gasteiger charge is 2.44. The van der Waals surface area contributed by atoms with E-state index >= 15 is 0 Å². The van der Waals surface area contributed by atoms with Crippen LogP contribution < -0.4 is 10.2 Å². The van der Waals surface area contributed by atoms with Gasteiger partial charge in [-0.15, -0.1) is 0 Å². The zero-order valence-electron chi connectivity index (χ0n) is 22.5. The van der Waals surface area contributed by atoms with Crippen molar-refractivity contribution in [3.8, 4) is 28.8 Å². The number of halogens is 1. The predicted molar refractivity (Wildman–Crippen MR) is 150 cm³/mol. The van der Waals surface area contributed by atoms with Gasteiger partial charge in [0.1, 0.15) is 17.3 Å². The van der Waals surface area contributed by atoms with Gasteiger partial charge in [-0.2, -0.15) is 5.26 Å². The van der Waals surface area contributed by atoms with Gasteiger partial charge in [-0.05, 0) is 49.2 Å². The van der Waals surface area contributed by atoms with Crippen molar-refractivity contribution in [2.75, 3.05) is 42.7 Å². The number of aromatic nitrogens is 1. The highest BCUT2D eigenvalue weighted by atomic mass is 32.2. The van der Waals surface area contributed by atoms with Crippen molar-refractivity contribution in [2.24, 2.45) is 5.92 Å². The number of rotatable bonds is 6. The molecular formula is C30H31FN4O5S. The SMILES string of the molecule is N#CC1(NC(=O)[C@@H]2CCCC[C@H]2c2oc(-c3ccc(F)cc3)nc2-c2ccc(N3CCS(=O)(=O)CC3)cc2)COC1. The van der Waals surface area contributed by atoms with Crippen molar-refractivity contribution in [3.05, 3.63) is 60.1 Å². The molecule has 1 aliphatic carbocycles. The van der Waals surface area contributed by atoms with E-state index in [1.165, 1.54) is 12.1 Å². The second kappa shape index (κ2) is 10.9. The molecule has 1 N–H and O–H groups in total. The summed E-state index contributed by atoms with van der Waals surface area (Å²) in [4.78, 5) is 20.4. The van der Waals surface area contributed by atoms with Crippen LogP contribution in [-0.4, -0.2) is 62.7 Å². The van der Waals surface area contributed by atoms with Gasteiger partial charge in [-0.25, -0.2) is 17.8 Å². The van der Waals surface area contributed by atoms with Gasteiger partial charge in [0, 0.05) is 41.7 Å². The Morgan fingerprint density at radius 2 is 1.68 bits per heavy atom. The second-order valence-electron chi connectivity index (χ2n) is 11.1. The number of oxazole rings is 1. The topological polar surface area (TPSA) is 126 Å². The summed E-state index contributed by atoms with van der Waals surface area (Å²) in [5.41, 5.74) is 1.97. The Hall–Kier alpha value is -3.75. The Morgan fingerprint density at radius 3 is 2.32 bits per heavy atom. The highest BCUT2D eigenvalue weighted by Crippen LogP contribution is 2.44. The molecule has 214 valence electrons. The quantitative estimate of drug-likeness (QED) is 0.464. The van der Waals surface area contributed by atoms with Crippen LogP contribution in [0.25, 0.3) is 22.7 Å². The lowest BCUT2D eigenvalue weighted by molar-refractivity contribution is -0.134. The van der Waals surface area contributed by atoms with E-state index in [4.69, 9.17) is 14.1 Å². The Balaban J connectivity index is 1.34. The van der Waals surface area contributed by atoms with Gasteiger partial charge in [0.2, 0.25) is 11.8 Å². The summed E-state index contributed by atoms with van der Waals surface area (Å²) in [5, 5.41) is 12.5. The monoisotopic (exact) mass is 578 g/mol. The smallest absolute Gasteiger partial charge is 0.226 e. The number of nitrogens with zero attached hydrogens (tertiary/aromatic N) is 3.